The second-order valence-corrected chi connectivity index (χ2v) is 6.56. The van der Waals surface area contributed by atoms with Gasteiger partial charge in [0.25, 0.3) is 0 Å². The van der Waals surface area contributed by atoms with Crippen molar-refractivity contribution >= 4 is 29.3 Å². The molecule has 0 unspecified atom stereocenters. The molecule has 0 radical (unpaired) electrons. The molecule has 2 amide bonds. The normalized spacial score (nSPS) is 15.0. The van der Waals surface area contributed by atoms with Crippen LogP contribution in [0.3, 0.4) is 0 Å². The van der Waals surface area contributed by atoms with Gasteiger partial charge < -0.3 is 15.3 Å². The number of nitrogens with zero attached hydrogens (tertiary/aromatic N) is 1. The number of carboxylic acids is 1. The molecule has 0 saturated carbocycles. The van der Waals surface area contributed by atoms with Gasteiger partial charge >= 0.3 is 12.0 Å². The summed E-state index contributed by atoms with van der Waals surface area (Å²) < 4.78 is 0. The van der Waals surface area contributed by atoms with Crippen molar-refractivity contribution in [3.05, 3.63) is 53.6 Å². The van der Waals surface area contributed by atoms with Crippen molar-refractivity contribution in [2.24, 2.45) is 5.92 Å². The molecule has 1 saturated heterocycles. The summed E-state index contributed by atoms with van der Waals surface area (Å²) >= 11 is 6.04. The van der Waals surface area contributed by atoms with Crippen LogP contribution in [0.5, 0.6) is 0 Å². The number of hydrogen-bond donors (Lipinski definition) is 2. The molecule has 1 heterocycles. The largest absolute Gasteiger partial charge is 0.481 e. The van der Waals surface area contributed by atoms with Gasteiger partial charge in [0.15, 0.2) is 0 Å². The van der Waals surface area contributed by atoms with Crippen molar-refractivity contribution in [1.29, 1.82) is 0 Å². The van der Waals surface area contributed by atoms with Gasteiger partial charge in [-0.25, -0.2) is 4.79 Å². The number of halogens is 1. The fraction of sp³-hybridized carbons (Fsp3) is 0.263. The van der Waals surface area contributed by atoms with E-state index in [2.05, 4.69) is 5.32 Å². The lowest BCUT2D eigenvalue weighted by atomic mass is 9.97. The van der Waals surface area contributed by atoms with Crippen LogP contribution in [0.4, 0.5) is 10.5 Å². The number of carbonyl (C=O) groups is 2. The molecule has 1 aliphatic rings. The molecule has 25 heavy (non-hydrogen) atoms. The number of piperidine rings is 1. The van der Waals surface area contributed by atoms with Crippen molar-refractivity contribution in [1.82, 2.24) is 4.90 Å². The summed E-state index contributed by atoms with van der Waals surface area (Å²) in [5.41, 5.74) is 2.64. The van der Waals surface area contributed by atoms with Crippen molar-refractivity contribution in [2.75, 3.05) is 18.4 Å². The molecule has 2 N–H and O–H groups in total. The molecular weight excluding hydrogens is 340 g/mol. The summed E-state index contributed by atoms with van der Waals surface area (Å²) in [6, 6.07) is 14.9. The number of hydrogen-bond acceptors (Lipinski definition) is 2. The van der Waals surface area contributed by atoms with Gasteiger partial charge in [-0.2, -0.15) is 0 Å². The Kier molecular flexibility index (Phi) is 5.24. The number of rotatable bonds is 3. The highest BCUT2D eigenvalue weighted by Crippen LogP contribution is 2.25. The number of benzene rings is 2. The summed E-state index contributed by atoms with van der Waals surface area (Å²) in [6.07, 6.45) is 0.983. The Morgan fingerprint density at radius 3 is 2.32 bits per heavy atom. The van der Waals surface area contributed by atoms with Crippen molar-refractivity contribution in [3.63, 3.8) is 0 Å². The van der Waals surface area contributed by atoms with Crippen LogP contribution < -0.4 is 5.32 Å². The number of aliphatic carboxylic acids is 1. The Morgan fingerprint density at radius 1 is 1.04 bits per heavy atom. The summed E-state index contributed by atoms with van der Waals surface area (Å²) in [5.74, 6) is -1.13. The number of carboxylic acid groups (broad SMARTS) is 1. The van der Waals surface area contributed by atoms with Crippen LogP contribution in [0.15, 0.2) is 48.5 Å². The van der Waals surface area contributed by atoms with E-state index >= 15 is 0 Å². The van der Waals surface area contributed by atoms with E-state index in [1.807, 2.05) is 48.5 Å². The number of anilines is 1. The van der Waals surface area contributed by atoms with Gasteiger partial charge in [-0.15, -0.1) is 0 Å². The maximum absolute atomic E-state index is 12.4. The average Bonchev–Trinajstić information content (AvgIpc) is 2.62. The second-order valence-electron chi connectivity index (χ2n) is 6.12. The molecular formula is C19H19ClN2O3. The number of urea groups is 1. The molecule has 2 aromatic rings. The molecule has 3 rings (SSSR count). The van der Waals surface area contributed by atoms with Crippen LogP contribution in [0.1, 0.15) is 12.8 Å². The zero-order valence-electron chi connectivity index (χ0n) is 13.6. The molecule has 2 aromatic carbocycles. The highest BCUT2D eigenvalue weighted by atomic mass is 35.5. The van der Waals surface area contributed by atoms with Crippen LogP contribution in [0, 0.1) is 5.92 Å². The Hall–Kier alpha value is -2.53. The number of amides is 2. The van der Waals surface area contributed by atoms with Gasteiger partial charge in [-0.3, -0.25) is 4.79 Å². The number of likely N-dealkylation sites (tertiary alicyclic amines) is 1. The lowest BCUT2D eigenvalue weighted by Crippen LogP contribution is -2.42. The standard InChI is InChI=1S/C19H19ClN2O3/c20-16-5-1-3-14(11-16)15-4-2-6-17(12-15)21-19(25)22-9-7-13(8-10-22)18(23)24/h1-6,11-13H,7-10H2,(H,21,25)(H,23,24). The third kappa shape index (κ3) is 4.31. The number of carbonyl (C=O) groups excluding carboxylic acids is 1. The fourth-order valence-corrected chi connectivity index (χ4v) is 3.17. The van der Waals surface area contributed by atoms with E-state index in [9.17, 15) is 9.59 Å². The first-order valence-electron chi connectivity index (χ1n) is 8.17. The van der Waals surface area contributed by atoms with E-state index in [4.69, 9.17) is 16.7 Å². The van der Waals surface area contributed by atoms with E-state index in [0.717, 1.165) is 11.1 Å². The highest BCUT2D eigenvalue weighted by molar-refractivity contribution is 6.30. The summed E-state index contributed by atoms with van der Waals surface area (Å²) in [7, 11) is 0. The monoisotopic (exact) mass is 358 g/mol. The Bertz CT molecular complexity index is 786. The van der Waals surface area contributed by atoms with E-state index in [1.54, 1.807) is 4.90 Å². The maximum atomic E-state index is 12.4. The molecule has 0 bridgehead atoms. The first kappa shape index (κ1) is 17.3. The molecule has 5 nitrogen and oxygen atoms in total. The van der Waals surface area contributed by atoms with Crippen LogP contribution in [-0.4, -0.2) is 35.1 Å². The smallest absolute Gasteiger partial charge is 0.321 e. The predicted molar refractivity (Wildman–Crippen MR) is 97.8 cm³/mol. The van der Waals surface area contributed by atoms with Gasteiger partial charge in [0, 0.05) is 23.8 Å². The molecule has 0 spiro atoms. The highest BCUT2D eigenvalue weighted by Gasteiger charge is 2.26. The topological polar surface area (TPSA) is 69.6 Å². The summed E-state index contributed by atoms with van der Waals surface area (Å²) in [5, 5.41) is 12.6. The molecule has 130 valence electrons. The van der Waals surface area contributed by atoms with Crippen LogP contribution >= 0.6 is 11.6 Å². The lowest BCUT2D eigenvalue weighted by Gasteiger charge is -2.30. The molecule has 1 fully saturated rings. The van der Waals surface area contributed by atoms with Crippen molar-refractivity contribution < 1.29 is 14.7 Å². The van der Waals surface area contributed by atoms with E-state index in [-0.39, 0.29) is 11.9 Å². The third-order valence-electron chi connectivity index (χ3n) is 4.40. The van der Waals surface area contributed by atoms with E-state index in [1.165, 1.54) is 0 Å². The fourth-order valence-electron chi connectivity index (χ4n) is 2.98. The van der Waals surface area contributed by atoms with E-state index < -0.39 is 5.97 Å². The maximum Gasteiger partial charge on any atom is 0.321 e. The Morgan fingerprint density at radius 2 is 1.68 bits per heavy atom. The molecule has 0 atom stereocenters. The Labute approximate surface area is 151 Å². The van der Waals surface area contributed by atoms with E-state index in [0.29, 0.717) is 36.6 Å². The minimum atomic E-state index is -0.783. The van der Waals surface area contributed by atoms with Crippen LogP contribution in [-0.2, 0) is 4.79 Å². The third-order valence-corrected chi connectivity index (χ3v) is 4.64. The quantitative estimate of drug-likeness (QED) is 0.857. The molecule has 0 aliphatic carbocycles. The average molecular weight is 359 g/mol. The zero-order chi connectivity index (χ0) is 17.8. The van der Waals surface area contributed by atoms with Crippen LogP contribution in [0.2, 0.25) is 5.02 Å². The van der Waals surface area contributed by atoms with Gasteiger partial charge in [-0.05, 0) is 48.2 Å². The SMILES string of the molecule is O=C(O)C1CCN(C(=O)Nc2cccc(-c3cccc(Cl)c3)c2)CC1. The molecule has 1 aliphatic heterocycles. The summed E-state index contributed by atoms with van der Waals surface area (Å²) in [4.78, 5) is 25.0. The first-order chi connectivity index (χ1) is 12.0. The van der Waals surface area contributed by atoms with Crippen molar-refractivity contribution in [2.45, 2.75) is 12.8 Å². The predicted octanol–water partition coefficient (Wildman–Crippen LogP) is 4.34. The van der Waals surface area contributed by atoms with Crippen molar-refractivity contribution in [3.8, 4) is 11.1 Å². The zero-order valence-corrected chi connectivity index (χ0v) is 14.4. The minimum Gasteiger partial charge on any atom is -0.481 e. The van der Waals surface area contributed by atoms with Gasteiger partial charge in [0.1, 0.15) is 0 Å². The number of nitrogens with one attached hydrogen (secondary N) is 1. The van der Waals surface area contributed by atoms with Gasteiger partial charge in [0.2, 0.25) is 0 Å². The van der Waals surface area contributed by atoms with Gasteiger partial charge in [-0.1, -0.05) is 35.9 Å². The first-order valence-corrected chi connectivity index (χ1v) is 8.55. The van der Waals surface area contributed by atoms with Gasteiger partial charge in [0.05, 0.1) is 5.92 Å². The molecule has 0 aromatic heterocycles. The lowest BCUT2D eigenvalue weighted by molar-refractivity contribution is -0.143. The minimum absolute atomic E-state index is 0.202. The molecule has 6 heteroatoms. The Balaban J connectivity index is 1.66. The van der Waals surface area contributed by atoms with Crippen LogP contribution in [0.25, 0.3) is 11.1 Å². The summed E-state index contributed by atoms with van der Waals surface area (Å²) in [6.45, 7) is 0.910. The second kappa shape index (κ2) is 7.57.